The van der Waals surface area contributed by atoms with Crippen LogP contribution in [0.25, 0.3) is 6.08 Å². The van der Waals surface area contributed by atoms with Gasteiger partial charge >= 0.3 is 0 Å². The summed E-state index contributed by atoms with van der Waals surface area (Å²) in [5.41, 5.74) is 11.8. The van der Waals surface area contributed by atoms with Crippen molar-refractivity contribution in [3.63, 3.8) is 0 Å². The van der Waals surface area contributed by atoms with Crippen molar-refractivity contribution in [1.29, 1.82) is 0 Å². The van der Waals surface area contributed by atoms with E-state index in [-0.39, 0.29) is 17.9 Å². The molecule has 0 radical (unpaired) electrons. The van der Waals surface area contributed by atoms with Crippen molar-refractivity contribution in [2.24, 2.45) is 11.1 Å². The van der Waals surface area contributed by atoms with Crippen molar-refractivity contribution < 1.29 is 14.3 Å². The van der Waals surface area contributed by atoms with Gasteiger partial charge in [0.05, 0.1) is 20.8 Å². The van der Waals surface area contributed by atoms with Crippen molar-refractivity contribution in [3.05, 3.63) is 46.8 Å². The van der Waals surface area contributed by atoms with E-state index >= 15 is 0 Å². The van der Waals surface area contributed by atoms with E-state index in [1.807, 2.05) is 30.4 Å². The minimum Gasteiger partial charge on any atom is -0.493 e. The van der Waals surface area contributed by atoms with E-state index in [0.29, 0.717) is 11.5 Å². The molecule has 5 heteroatoms. The Morgan fingerprint density at radius 3 is 2.64 bits per heavy atom. The highest BCUT2D eigenvalue weighted by Gasteiger charge is 2.25. The molecule has 134 valence electrons. The van der Waals surface area contributed by atoms with E-state index in [1.54, 1.807) is 14.2 Å². The second-order valence-electron chi connectivity index (χ2n) is 6.94. The van der Waals surface area contributed by atoms with Crippen LogP contribution >= 0.6 is 0 Å². The highest BCUT2D eigenvalue weighted by atomic mass is 16.5. The van der Waals surface area contributed by atoms with Gasteiger partial charge in [-0.2, -0.15) is 0 Å². The van der Waals surface area contributed by atoms with Crippen LogP contribution in [0, 0.1) is 5.41 Å². The molecular weight excluding hydrogens is 316 g/mol. The van der Waals surface area contributed by atoms with Gasteiger partial charge in [-0.1, -0.05) is 19.9 Å². The minimum absolute atomic E-state index is 0.0997. The van der Waals surface area contributed by atoms with Gasteiger partial charge in [0.2, 0.25) is 5.91 Å². The summed E-state index contributed by atoms with van der Waals surface area (Å²) in [6.07, 6.45) is 5.77. The lowest BCUT2D eigenvalue weighted by molar-refractivity contribution is -0.117. The van der Waals surface area contributed by atoms with Crippen LogP contribution in [0.4, 0.5) is 0 Å². The highest BCUT2D eigenvalue weighted by Crippen LogP contribution is 2.36. The predicted octanol–water partition coefficient (Wildman–Crippen LogP) is 3.02. The first kappa shape index (κ1) is 18.7. The van der Waals surface area contributed by atoms with Crippen molar-refractivity contribution in [1.82, 2.24) is 5.32 Å². The fourth-order valence-corrected chi connectivity index (χ4v) is 2.93. The molecule has 0 spiro atoms. The molecule has 0 heterocycles. The molecule has 0 aliphatic heterocycles. The van der Waals surface area contributed by atoms with Crippen molar-refractivity contribution in [2.75, 3.05) is 20.8 Å². The Morgan fingerprint density at radius 1 is 1.28 bits per heavy atom. The second kappa shape index (κ2) is 7.95. The largest absolute Gasteiger partial charge is 0.493 e. The number of primary amides is 1. The number of ether oxygens (including phenoxy) is 2. The van der Waals surface area contributed by atoms with Gasteiger partial charge in [0.15, 0.2) is 11.5 Å². The molecule has 1 aliphatic rings. The third kappa shape index (κ3) is 5.44. The van der Waals surface area contributed by atoms with Gasteiger partial charge in [0.1, 0.15) is 0 Å². The van der Waals surface area contributed by atoms with E-state index in [4.69, 9.17) is 15.2 Å². The molecule has 0 bridgehead atoms. The summed E-state index contributed by atoms with van der Waals surface area (Å²) in [5.74, 6) is 1.02. The van der Waals surface area contributed by atoms with Gasteiger partial charge in [-0.05, 0) is 53.7 Å². The van der Waals surface area contributed by atoms with E-state index in [1.165, 1.54) is 0 Å². The lowest BCUT2D eigenvalue weighted by Crippen LogP contribution is -2.31. The number of hydrogen-bond donors (Lipinski definition) is 2. The van der Waals surface area contributed by atoms with Gasteiger partial charge in [0.25, 0.3) is 0 Å². The summed E-state index contributed by atoms with van der Waals surface area (Å²) >= 11 is 0. The summed E-state index contributed by atoms with van der Waals surface area (Å²) in [6.45, 7) is 4.54. The number of carbonyl (C=O) groups excluding carboxylic acids is 1. The molecule has 1 aromatic carbocycles. The maximum atomic E-state index is 11.0. The topological polar surface area (TPSA) is 73.6 Å². The van der Waals surface area contributed by atoms with Crippen LogP contribution in [0.3, 0.4) is 0 Å². The summed E-state index contributed by atoms with van der Waals surface area (Å²) in [7, 11) is 3.23. The van der Waals surface area contributed by atoms with E-state index in [2.05, 4.69) is 24.9 Å². The maximum Gasteiger partial charge on any atom is 0.236 e. The monoisotopic (exact) mass is 342 g/mol. The first-order valence-electron chi connectivity index (χ1n) is 8.23. The van der Waals surface area contributed by atoms with Gasteiger partial charge in [0, 0.05) is 5.70 Å². The average Bonchev–Trinajstić information content (AvgIpc) is 2.56. The lowest BCUT2D eigenvalue weighted by atomic mass is 9.77. The number of carbonyl (C=O) groups is 1. The molecule has 0 fully saturated rings. The molecular formula is C20H26N2O3. The van der Waals surface area contributed by atoms with Crippen molar-refractivity contribution in [3.8, 4) is 11.5 Å². The zero-order valence-corrected chi connectivity index (χ0v) is 15.3. The molecule has 25 heavy (non-hydrogen) atoms. The first-order chi connectivity index (χ1) is 11.8. The average molecular weight is 342 g/mol. The Hall–Kier alpha value is -2.65. The van der Waals surface area contributed by atoms with Gasteiger partial charge in [-0.3, -0.25) is 4.79 Å². The van der Waals surface area contributed by atoms with E-state index < -0.39 is 0 Å². The van der Waals surface area contributed by atoms with Crippen LogP contribution in [0.1, 0.15) is 32.3 Å². The van der Waals surface area contributed by atoms with E-state index in [0.717, 1.165) is 29.7 Å². The zero-order valence-electron chi connectivity index (χ0n) is 15.3. The standard InChI is InChI=1S/C20H26N2O3/c1-20(2)11-15(9-16(12-20)22-13-19(21)23)6-5-14-7-8-17(24-3)18(10-14)25-4/h5,7-10,22H,11-13H2,1-4H3,(H2,21,23). The summed E-state index contributed by atoms with van der Waals surface area (Å²) in [5, 5.41) is 3.11. The Labute approximate surface area is 149 Å². The number of nitrogens with two attached hydrogens (primary N) is 1. The molecule has 3 N–H and O–H groups in total. The molecule has 1 amide bonds. The quantitative estimate of drug-likeness (QED) is 0.780. The molecule has 0 saturated heterocycles. The Morgan fingerprint density at radius 2 is 2.00 bits per heavy atom. The highest BCUT2D eigenvalue weighted by molar-refractivity contribution is 5.76. The molecule has 0 atom stereocenters. The zero-order chi connectivity index (χ0) is 18.4. The van der Waals surface area contributed by atoms with Crippen molar-refractivity contribution in [2.45, 2.75) is 26.7 Å². The normalized spacial score (nSPS) is 15.7. The van der Waals surface area contributed by atoms with Crippen LogP contribution < -0.4 is 20.5 Å². The first-order valence-corrected chi connectivity index (χ1v) is 8.23. The molecule has 1 aromatic rings. The fourth-order valence-electron chi connectivity index (χ4n) is 2.93. The van der Waals surface area contributed by atoms with E-state index in [9.17, 15) is 4.79 Å². The number of amides is 1. The van der Waals surface area contributed by atoms with Crippen LogP contribution in [0.2, 0.25) is 0 Å². The Kier molecular flexibility index (Phi) is 5.94. The number of benzene rings is 1. The van der Waals surface area contributed by atoms with Gasteiger partial charge in [-0.15, -0.1) is 5.73 Å². The molecule has 1 aliphatic carbocycles. The molecule has 2 rings (SSSR count). The molecule has 0 aromatic heterocycles. The Balaban J connectivity index is 2.29. The molecule has 5 nitrogen and oxygen atoms in total. The number of nitrogens with one attached hydrogen (secondary N) is 1. The molecule has 0 unspecified atom stereocenters. The van der Waals surface area contributed by atoms with Crippen LogP contribution in [-0.4, -0.2) is 26.7 Å². The van der Waals surface area contributed by atoms with Gasteiger partial charge < -0.3 is 20.5 Å². The maximum absolute atomic E-state index is 11.0. The van der Waals surface area contributed by atoms with Gasteiger partial charge in [-0.25, -0.2) is 0 Å². The predicted molar refractivity (Wildman–Crippen MR) is 99.3 cm³/mol. The number of rotatable bonds is 6. The fraction of sp³-hybridized carbons (Fsp3) is 0.400. The third-order valence-corrected chi connectivity index (χ3v) is 4.01. The van der Waals surface area contributed by atoms with Crippen LogP contribution in [0.15, 0.2) is 41.3 Å². The minimum atomic E-state index is -0.365. The summed E-state index contributed by atoms with van der Waals surface area (Å²) < 4.78 is 10.6. The molecule has 0 saturated carbocycles. The van der Waals surface area contributed by atoms with Crippen molar-refractivity contribution >= 4 is 12.0 Å². The number of methoxy groups -OCH3 is 2. The van der Waals surface area contributed by atoms with Crippen LogP contribution in [0.5, 0.6) is 11.5 Å². The number of allylic oxidation sites excluding steroid dienone is 3. The van der Waals surface area contributed by atoms with Crippen LogP contribution in [-0.2, 0) is 4.79 Å². The number of hydrogen-bond acceptors (Lipinski definition) is 4. The summed E-state index contributed by atoms with van der Waals surface area (Å²) in [6, 6.07) is 5.74. The third-order valence-electron chi connectivity index (χ3n) is 4.01. The smallest absolute Gasteiger partial charge is 0.236 e. The second-order valence-corrected chi connectivity index (χ2v) is 6.94. The summed E-state index contributed by atoms with van der Waals surface area (Å²) in [4.78, 5) is 11.0. The SMILES string of the molecule is COc1ccc(C=C=C2C=C(NCC(N)=O)CC(C)(C)C2)cc1OC. The Bertz CT molecular complexity index is 741. The lowest BCUT2D eigenvalue weighted by Gasteiger charge is -2.30.